The second-order valence-electron chi connectivity index (χ2n) is 7.53. The van der Waals surface area contributed by atoms with Gasteiger partial charge in [0.25, 0.3) is 5.91 Å². The van der Waals surface area contributed by atoms with Crippen LogP contribution in [0.1, 0.15) is 41.1 Å². The van der Waals surface area contributed by atoms with Gasteiger partial charge in [-0.05, 0) is 61.4 Å². The van der Waals surface area contributed by atoms with Gasteiger partial charge in [-0.3, -0.25) is 4.79 Å². The quantitative estimate of drug-likeness (QED) is 0.447. The number of amides is 1. The van der Waals surface area contributed by atoms with Gasteiger partial charge in [-0.15, -0.1) is 0 Å². The van der Waals surface area contributed by atoms with Crippen molar-refractivity contribution in [3.8, 4) is 11.3 Å². The van der Waals surface area contributed by atoms with Crippen molar-refractivity contribution in [3.05, 3.63) is 82.6 Å². The highest BCUT2D eigenvalue weighted by Gasteiger charge is 2.29. The highest BCUT2D eigenvalue weighted by Crippen LogP contribution is 2.30. The second kappa shape index (κ2) is 7.40. The Labute approximate surface area is 179 Å². The van der Waals surface area contributed by atoms with Crippen LogP contribution < -0.4 is 5.01 Å². The summed E-state index contributed by atoms with van der Waals surface area (Å²) < 4.78 is 11.0. The molecule has 0 saturated heterocycles. The molecular weight excluding hydrogens is 392 g/mol. The predicted octanol–water partition coefficient (Wildman–Crippen LogP) is 4.99. The Kier molecular flexibility index (Phi) is 4.55. The molecule has 6 nitrogen and oxygen atoms in total. The van der Waals surface area contributed by atoms with Gasteiger partial charge in [-0.2, -0.15) is 10.1 Å². The van der Waals surface area contributed by atoms with E-state index in [1.165, 1.54) is 10.6 Å². The molecule has 1 aromatic heterocycles. The van der Waals surface area contributed by atoms with Gasteiger partial charge in [0, 0.05) is 11.1 Å². The van der Waals surface area contributed by atoms with E-state index in [0.717, 1.165) is 23.2 Å². The summed E-state index contributed by atoms with van der Waals surface area (Å²) in [6.45, 7) is 4.18. The van der Waals surface area contributed by atoms with Crippen LogP contribution in [0.5, 0.6) is 0 Å². The number of aryl methyl sites for hydroxylation is 1. The largest absolute Gasteiger partial charge is 0.457 e. The van der Waals surface area contributed by atoms with E-state index < -0.39 is 0 Å². The number of cyclic esters (lactones) is 1. The molecule has 154 valence electrons. The molecule has 2 aromatic carbocycles. The number of hydrogen-bond donors (Lipinski definition) is 0. The summed E-state index contributed by atoms with van der Waals surface area (Å²) in [6, 6.07) is 17.0. The van der Waals surface area contributed by atoms with E-state index in [-0.39, 0.29) is 18.5 Å². The van der Waals surface area contributed by atoms with Crippen molar-refractivity contribution in [1.29, 1.82) is 0 Å². The summed E-state index contributed by atoms with van der Waals surface area (Å²) in [5.74, 6) is 0.729. The molecule has 0 fully saturated rings. The number of rotatable bonds is 4. The average Bonchev–Trinajstić information content (AvgIpc) is 3.48. The number of anilines is 1. The van der Waals surface area contributed by atoms with Crippen LogP contribution in [0, 0.1) is 0 Å². The van der Waals surface area contributed by atoms with E-state index in [1.54, 1.807) is 12.1 Å². The monoisotopic (exact) mass is 412 g/mol. The Morgan fingerprint density at radius 1 is 1.06 bits per heavy atom. The molecule has 6 heteroatoms. The van der Waals surface area contributed by atoms with E-state index in [1.807, 2.05) is 55.5 Å². The summed E-state index contributed by atoms with van der Waals surface area (Å²) in [5, 5.41) is 5.85. The zero-order chi connectivity index (χ0) is 21.5. The molecule has 31 heavy (non-hydrogen) atoms. The fraction of sp³-hybridized carbons (Fsp3) is 0.160. The molecule has 2 aliphatic rings. The standard InChI is InChI=1S/C25H20N2O4/c1-3-16-4-7-19(8-5-16)27-24(28)22(15(2)26-27)13-20-9-11-23(31-20)17-6-10-21-18(12-17)14-30-25(21)29/h4-13H,3,14H2,1-2H3. The number of furan rings is 1. The van der Waals surface area contributed by atoms with Gasteiger partial charge >= 0.3 is 5.97 Å². The lowest BCUT2D eigenvalue weighted by atomic mass is 10.0. The van der Waals surface area contributed by atoms with Crippen molar-refractivity contribution in [2.75, 3.05) is 5.01 Å². The molecule has 1 amide bonds. The lowest BCUT2D eigenvalue weighted by Gasteiger charge is -2.12. The smallest absolute Gasteiger partial charge is 0.338 e. The van der Waals surface area contributed by atoms with Crippen LogP contribution in [0.3, 0.4) is 0 Å². The van der Waals surface area contributed by atoms with Crippen molar-refractivity contribution in [2.24, 2.45) is 5.10 Å². The molecule has 0 N–H and O–H groups in total. The topological polar surface area (TPSA) is 72.1 Å². The fourth-order valence-corrected chi connectivity index (χ4v) is 3.75. The van der Waals surface area contributed by atoms with Crippen molar-refractivity contribution in [3.63, 3.8) is 0 Å². The highest BCUT2D eigenvalue weighted by molar-refractivity contribution is 6.32. The fourth-order valence-electron chi connectivity index (χ4n) is 3.75. The van der Waals surface area contributed by atoms with Crippen LogP contribution in [0.25, 0.3) is 17.4 Å². The van der Waals surface area contributed by atoms with Crippen molar-refractivity contribution >= 4 is 29.4 Å². The van der Waals surface area contributed by atoms with E-state index >= 15 is 0 Å². The van der Waals surface area contributed by atoms with Crippen LogP contribution in [0.15, 0.2) is 69.7 Å². The van der Waals surface area contributed by atoms with E-state index in [9.17, 15) is 9.59 Å². The van der Waals surface area contributed by atoms with Gasteiger partial charge in [0.2, 0.25) is 0 Å². The third-order valence-electron chi connectivity index (χ3n) is 5.53. The minimum absolute atomic E-state index is 0.187. The maximum Gasteiger partial charge on any atom is 0.338 e. The molecule has 0 saturated carbocycles. The molecule has 0 aliphatic carbocycles. The van der Waals surface area contributed by atoms with Crippen molar-refractivity contribution in [2.45, 2.75) is 26.9 Å². The zero-order valence-corrected chi connectivity index (χ0v) is 17.2. The van der Waals surface area contributed by atoms with Crippen LogP contribution in [0.2, 0.25) is 0 Å². The molecule has 5 rings (SSSR count). The number of carbonyl (C=O) groups is 2. The van der Waals surface area contributed by atoms with Gasteiger partial charge < -0.3 is 9.15 Å². The van der Waals surface area contributed by atoms with Crippen LogP contribution in [0.4, 0.5) is 5.69 Å². The number of fused-ring (bicyclic) bond motifs is 1. The molecule has 3 aromatic rings. The first-order valence-corrected chi connectivity index (χ1v) is 10.1. The Balaban J connectivity index is 1.40. The minimum atomic E-state index is -0.296. The summed E-state index contributed by atoms with van der Waals surface area (Å²) >= 11 is 0. The molecule has 2 aliphatic heterocycles. The number of hydrazone groups is 1. The minimum Gasteiger partial charge on any atom is -0.457 e. The van der Waals surface area contributed by atoms with E-state index in [4.69, 9.17) is 9.15 Å². The zero-order valence-electron chi connectivity index (χ0n) is 17.2. The summed E-state index contributed by atoms with van der Waals surface area (Å²) in [7, 11) is 0. The lowest BCUT2D eigenvalue weighted by Crippen LogP contribution is -2.21. The van der Waals surface area contributed by atoms with Gasteiger partial charge in [0.05, 0.1) is 22.5 Å². The average molecular weight is 412 g/mol. The lowest BCUT2D eigenvalue weighted by molar-refractivity contribution is -0.114. The number of benzene rings is 2. The third-order valence-corrected chi connectivity index (χ3v) is 5.53. The van der Waals surface area contributed by atoms with Crippen LogP contribution in [-0.4, -0.2) is 17.6 Å². The van der Waals surface area contributed by atoms with Crippen LogP contribution in [-0.2, 0) is 22.6 Å². The molecule has 0 atom stereocenters. The molecular formula is C25H20N2O4. The van der Waals surface area contributed by atoms with Crippen molar-refractivity contribution in [1.82, 2.24) is 0 Å². The summed E-state index contributed by atoms with van der Waals surface area (Å²) in [5.41, 5.74) is 5.36. The first kappa shape index (κ1) is 19.1. The van der Waals surface area contributed by atoms with Crippen LogP contribution >= 0.6 is 0 Å². The maximum absolute atomic E-state index is 13.0. The maximum atomic E-state index is 13.0. The number of carbonyl (C=O) groups excluding carboxylic acids is 2. The molecule has 3 heterocycles. The van der Waals surface area contributed by atoms with Gasteiger partial charge in [-0.25, -0.2) is 4.79 Å². The third kappa shape index (κ3) is 3.36. The molecule has 0 unspecified atom stereocenters. The van der Waals surface area contributed by atoms with E-state index in [0.29, 0.717) is 28.4 Å². The SMILES string of the molecule is CCc1ccc(N2N=C(C)C(=Cc3ccc(-c4ccc5c(c4)COC5=O)o3)C2=O)cc1. The van der Waals surface area contributed by atoms with Gasteiger partial charge in [0.15, 0.2) is 0 Å². The Bertz CT molecular complexity index is 1260. The van der Waals surface area contributed by atoms with Gasteiger partial charge in [-0.1, -0.05) is 25.1 Å². The Morgan fingerprint density at radius 3 is 2.65 bits per heavy atom. The van der Waals surface area contributed by atoms with E-state index in [2.05, 4.69) is 12.0 Å². The number of ether oxygens (including phenoxy) is 1. The highest BCUT2D eigenvalue weighted by atomic mass is 16.5. The molecule has 0 bridgehead atoms. The van der Waals surface area contributed by atoms with Gasteiger partial charge in [0.1, 0.15) is 18.1 Å². The molecule has 0 radical (unpaired) electrons. The second-order valence-corrected chi connectivity index (χ2v) is 7.53. The first-order valence-electron chi connectivity index (χ1n) is 10.1. The summed E-state index contributed by atoms with van der Waals surface area (Å²) in [6.07, 6.45) is 2.65. The predicted molar refractivity (Wildman–Crippen MR) is 118 cm³/mol. The number of hydrogen-bond acceptors (Lipinski definition) is 5. The molecule has 0 spiro atoms. The number of esters is 1. The number of nitrogens with zero attached hydrogens (tertiary/aromatic N) is 2. The normalized spacial score (nSPS) is 16.6. The summed E-state index contributed by atoms with van der Waals surface area (Å²) in [4.78, 5) is 24.6. The van der Waals surface area contributed by atoms with Crippen molar-refractivity contribution < 1.29 is 18.7 Å². The Morgan fingerprint density at radius 2 is 1.87 bits per heavy atom. The Hall–Kier alpha value is -3.93. The first-order chi connectivity index (χ1) is 15.0.